The second-order valence-electron chi connectivity index (χ2n) is 5.09. The van der Waals surface area contributed by atoms with Crippen LogP contribution in [0.1, 0.15) is 39.8 Å². The highest BCUT2D eigenvalue weighted by molar-refractivity contribution is 7.13. The van der Waals surface area contributed by atoms with Crippen LogP contribution in [0.5, 0.6) is 5.75 Å². The Morgan fingerprint density at radius 1 is 1.30 bits per heavy atom. The average Bonchev–Trinajstić information content (AvgIpc) is 2.82. The molecule has 106 valence electrons. The number of ether oxygens (including phenoxy) is 1. The molecule has 0 aliphatic heterocycles. The molecule has 0 saturated carbocycles. The monoisotopic (exact) mass is 291 g/mol. The number of carbonyl (C=O) groups is 1. The maximum atomic E-state index is 11.1. The molecule has 20 heavy (non-hydrogen) atoms. The van der Waals surface area contributed by atoms with Crippen molar-refractivity contribution in [1.82, 2.24) is 4.98 Å². The molecule has 0 bridgehead atoms. The van der Waals surface area contributed by atoms with Crippen molar-refractivity contribution < 1.29 is 14.6 Å². The highest BCUT2D eigenvalue weighted by Gasteiger charge is 2.29. The normalized spacial score (nSPS) is 11.4. The van der Waals surface area contributed by atoms with E-state index in [9.17, 15) is 4.79 Å². The van der Waals surface area contributed by atoms with Gasteiger partial charge in [0.25, 0.3) is 0 Å². The molecule has 0 atom stereocenters. The van der Waals surface area contributed by atoms with Crippen LogP contribution in [0.15, 0.2) is 24.3 Å². The second kappa shape index (κ2) is 5.25. The van der Waals surface area contributed by atoms with Crippen LogP contribution < -0.4 is 4.74 Å². The summed E-state index contributed by atoms with van der Waals surface area (Å²) in [6.45, 7) is 5.81. The smallest absolute Gasteiger partial charge is 0.347 e. The number of methoxy groups -OCH3 is 1. The molecule has 4 nitrogen and oxygen atoms in total. The van der Waals surface area contributed by atoms with Gasteiger partial charge in [0.05, 0.1) is 12.8 Å². The highest BCUT2D eigenvalue weighted by Crippen LogP contribution is 2.36. The molecule has 0 unspecified atom stereocenters. The van der Waals surface area contributed by atoms with E-state index >= 15 is 0 Å². The van der Waals surface area contributed by atoms with Gasteiger partial charge < -0.3 is 9.84 Å². The van der Waals surface area contributed by atoms with E-state index in [4.69, 9.17) is 9.84 Å². The number of carboxylic acid groups (broad SMARTS) is 1. The molecule has 2 aromatic rings. The van der Waals surface area contributed by atoms with Crippen LogP contribution in [-0.4, -0.2) is 23.2 Å². The molecular weight excluding hydrogens is 274 g/mol. The molecule has 2 rings (SSSR count). The second-order valence-corrected chi connectivity index (χ2v) is 6.09. The summed E-state index contributed by atoms with van der Waals surface area (Å²) < 4.78 is 5.15. The fourth-order valence-corrected chi connectivity index (χ4v) is 3.02. The first kappa shape index (κ1) is 14.5. The number of nitrogens with zero attached hydrogens (tertiary/aromatic N) is 1. The van der Waals surface area contributed by atoms with Gasteiger partial charge in [-0.3, -0.25) is 0 Å². The Balaban J connectivity index is 2.42. The lowest BCUT2D eigenvalue weighted by molar-refractivity contribution is 0.0701. The molecule has 0 radical (unpaired) electrons. The first-order chi connectivity index (χ1) is 9.36. The summed E-state index contributed by atoms with van der Waals surface area (Å²) in [5, 5.41) is 9.94. The molecule has 0 spiro atoms. The fraction of sp³-hybridized carbons (Fsp3) is 0.333. The van der Waals surface area contributed by atoms with Gasteiger partial charge in [-0.05, 0) is 38.5 Å². The molecule has 0 aliphatic rings. The molecule has 1 N–H and O–H groups in total. The van der Waals surface area contributed by atoms with Crippen molar-refractivity contribution in [2.24, 2.45) is 0 Å². The van der Waals surface area contributed by atoms with Crippen molar-refractivity contribution in [1.29, 1.82) is 0 Å². The lowest BCUT2D eigenvalue weighted by Crippen LogP contribution is -2.18. The van der Waals surface area contributed by atoms with Crippen molar-refractivity contribution >= 4 is 17.3 Å². The summed E-state index contributed by atoms with van der Waals surface area (Å²) in [4.78, 5) is 15.9. The van der Waals surface area contributed by atoms with Crippen LogP contribution in [0.2, 0.25) is 0 Å². The lowest BCUT2D eigenvalue weighted by Gasteiger charge is -2.22. The van der Waals surface area contributed by atoms with E-state index in [-0.39, 0.29) is 5.41 Å². The van der Waals surface area contributed by atoms with E-state index in [1.165, 1.54) is 11.3 Å². The maximum absolute atomic E-state index is 11.1. The zero-order chi connectivity index (χ0) is 14.9. The Kier molecular flexibility index (Phi) is 3.81. The van der Waals surface area contributed by atoms with Gasteiger partial charge in [-0.25, -0.2) is 9.78 Å². The van der Waals surface area contributed by atoms with Gasteiger partial charge in [0.2, 0.25) is 0 Å². The molecule has 1 aromatic heterocycles. The molecule has 0 amide bonds. The average molecular weight is 291 g/mol. The zero-order valence-electron chi connectivity index (χ0n) is 11.9. The third-order valence-corrected chi connectivity index (χ3v) is 4.81. The van der Waals surface area contributed by atoms with Crippen molar-refractivity contribution in [3.63, 3.8) is 0 Å². The van der Waals surface area contributed by atoms with Crippen molar-refractivity contribution in [3.8, 4) is 5.75 Å². The van der Waals surface area contributed by atoms with Crippen LogP contribution in [0.3, 0.4) is 0 Å². The minimum Gasteiger partial charge on any atom is -0.497 e. The number of aryl methyl sites for hydroxylation is 1. The number of aromatic carboxylic acids is 1. The summed E-state index contributed by atoms with van der Waals surface area (Å²) >= 11 is 1.24. The Morgan fingerprint density at radius 2 is 1.90 bits per heavy atom. The van der Waals surface area contributed by atoms with Crippen LogP contribution in [0.25, 0.3) is 0 Å². The van der Waals surface area contributed by atoms with Crippen LogP contribution in [0, 0.1) is 6.92 Å². The van der Waals surface area contributed by atoms with Crippen LogP contribution in [0.4, 0.5) is 0 Å². The number of hydrogen-bond donors (Lipinski definition) is 1. The van der Waals surface area contributed by atoms with Gasteiger partial charge in [0, 0.05) is 5.41 Å². The lowest BCUT2D eigenvalue weighted by atomic mass is 9.85. The van der Waals surface area contributed by atoms with E-state index in [2.05, 4.69) is 4.98 Å². The van der Waals surface area contributed by atoms with Crippen molar-refractivity contribution in [3.05, 3.63) is 45.4 Å². The number of hydrogen-bond acceptors (Lipinski definition) is 4. The first-order valence-electron chi connectivity index (χ1n) is 6.22. The Labute approximate surface area is 122 Å². The standard InChI is InChI=1S/C15H17NO3S/c1-9-12(13(17)18)20-14(16-9)15(2,3)10-5-7-11(19-4)8-6-10/h5-8H,1-4H3,(H,17,18). The molecule has 1 aromatic carbocycles. The minimum atomic E-state index is -0.920. The topological polar surface area (TPSA) is 59.4 Å². The molecular formula is C15H17NO3S. The first-order valence-corrected chi connectivity index (χ1v) is 7.03. The SMILES string of the molecule is COc1ccc(C(C)(C)c2nc(C)c(C(=O)O)s2)cc1. The summed E-state index contributed by atoms with van der Waals surface area (Å²) in [6, 6.07) is 7.76. The quantitative estimate of drug-likeness (QED) is 0.936. The third-order valence-electron chi connectivity index (χ3n) is 3.34. The fourth-order valence-electron chi connectivity index (χ4n) is 1.99. The van der Waals surface area contributed by atoms with E-state index in [0.717, 1.165) is 16.3 Å². The van der Waals surface area contributed by atoms with Gasteiger partial charge in [-0.15, -0.1) is 11.3 Å². The van der Waals surface area contributed by atoms with Gasteiger partial charge in [-0.1, -0.05) is 12.1 Å². The third kappa shape index (κ3) is 2.54. The number of carboxylic acids is 1. The van der Waals surface area contributed by atoms with E-state index in [0.29, 0.717) is 10.6 Å². The number of thiazole rings is 1. The number of rotatable bonds is 4. The zero-order valence-corrected chi connectivity index (χ0v) is 12.7. The Morgan fingerprint density at radius 3 is 2.35 bits per heavy atom. The predicted molar refractivity (Wildman–Crippen MR) is 78.9 cm³/mol. The van der Waals surface area contributed by atoms with E-state index in [1.807, 2.05) is 38.1 Å². The van der Waals surface area contributed by atoms with Gasteiger partial charge in [-0.2, -0.15) is 0 Å². The molecule has 1 heterocycles. The highest BCUT2D eigenvalue weighted by atomic mass is 32.1. The number of aromatic nitrogens is 1. The van der Waals surface area contributed by atoms with E-state index in [1.54, 1.807) is 14.0 Å². The maximum Gasteiger partial charge on any atom is 0.347 e. The predicted octanol–water partition coefficient (Wildman–Crippen LogP) is 3.48. The number of benzene rings is 1. The Bertz CT molecular complexity index is 629. The van der Waals surface area contributed by atoms with Gasteiger partial charge >= 0.3 is 5.97 Å². The molecule has 0 fully saturated rings. The molecule has 5 heteroatoms. The van der Waals surface area contributed by atoms with Crippen LogP contribution in [-0.2, 0) is 5.41 Å². The van der Waals surface area contributed by atoms with Crippen LogP contribution >= 0.6 is 11.3 Å². The Hall–Kier alpha value is -1.88. The minimum absolute atomic E-state index is 0.307. The summed E-state index contributed by atoms with van der Waals surface area (Å²) in [7, 11) is 1.63. The van der Waals surface area contributed by atoms with Crippen molar-refractivity contribution in [2.75, 3.05) is 7.11 Å². The largest absolute Gasteiger partial charge is 0.497 e. The summed E-state index contributed by atoms with van der Waals surface area (Å²) in [5.74, 6) is -0.122. The van der Waals surface area contributed by atoms with Crippen molar-refractivity contribution in [2.45, 2.75) is 26.2 Å². The van der Waals surface area contributed by atoms with E-state index < -0.39 is 5.97 Å². The summed E-state index contributed by atoms with van der Waals surface area (Å²) in [5.41, 5.74) is 1.30. The molecule has 0 saturated heterocycles. The summed E-state index contributed by atoms with van der Waals surface area (Å²) in [6.07, 6.45) is 0. The van der Waals surface area contributed by atoms with Gasteiger partial charge in [0.15, 0.2) is 0 Å². The molecule has 0 aliphatic carbocycles. The van der Waals surface area contributed by atoms with Gasteiger partial charge in [0.1, 0.15) is 15.6 Å².